The van der Waals surface area contributed by atoms with Gasteiger partial charge >= 0.3 is 0 Å². The van der Waals surface area contributed by atoms with E-state index in [1.807, 2.05) is 29.2 Å². The van der Waals surface area contributed by atoms with E-state index in [0.29, 0.717) is 5.92 Å². The summed E-state index contributed by atoms with van der Waals surface area (Å²) in [5, 5.41) is 11.0. The summed E-state index contributed by atoms with van der Waals surface area (Å²) < 4.78 is 4.24. The molecule has 0 spiro atoms. The summed E-state index contributed by atoms with van der Waals surface area (Å²) in [5.41, 5.74) is 2.26. The first-order chi connectivity index (χ1) is 13.2. The van der Waals surface area contributed by atoms with Crippen molar-refractivity contribution in [3.8, 4) is 0 Å². The lowest BCUT2D eigenvalue weighted by molar-refractivity contribution is 0.443. The summed E-state index contributed by atoms with van der Waals surface area (Å²) >= 11 is 0. The van der Waals surface area contributed by atoms with E-state index in [9.17, 15) is 0 Å². The highest BCUT2D eigenvalue weighted by Gasteiger charge is 2.07. The second-order valence-electron chi connectivity index (χ2n) is 6.87. The van der Waals surface area contributed by atoms with E-state index in [1.54, 1.807) is 7.05 Å². The average Bonchev–Trinajstić information content (AvgIpc) is 3.28. The van der Waals surface area contributed by atoms with Crippen LogP contribution in [-0.4, -0.2) is 45.4 Å². The molecule has 2 heterocycles. The number of aryl methyl sites for hydroxylation is 2. The van der Waals surface area contributed by atoms with E-state index in [0.717, 1.165) is 49.9 Å². The van der Waals surface area contributed by atoms with Gasteiger partial charge in [-0.05, 0) is 37.5 Å². The highest BCUT2D eigenvalue weighted by Crippen LogP contribution is 2.15. The number of rotatable bonds is 8. The molecule has 0 saturated carbocycles. The summed E-state index contributed by atoms with van der Waals surface area (Å²) in [6, 6.07) is 10.2. The van der Waals surface area contributed by atoms with Crippen LogP contribution in [-0.2, 0) is 13.1 Å². The normalized spacial score (nSPS) is 12.6. The van der Waals surface area contributed by atoms with E-state index in [1.165, 1.54) is 5.52 Å². The van der Waals surface area contributed by atoms with Crippen LogP contribution in [0.15, 0.2) is 47.7 Å². The molecule has 0 fully saturated rings. The van der Waals surface area contributed by atoms with Crippen LogP contribution < -0.4 is 10.6 Å². The van der Waals surface area contributed by atoms with Crippen LogP contribution in [0.1, 0.15) is 19.2 Å². The predicted octanol–water partition coefficient (Wildman–Crippen LogP) is 3.05. The number of aliphatic imine (C=N–C) groups is 1. The molecule has 152 valence electrons. The van der Waals surface area contributed by atoms with Gasteiger partial charge in [0.1, 0.15) is 5.82 Å². The van der Waals surface area contributed by atoms with Crippen molar-refractivity contribution in [3.05, 3.63) is 48.5 Å². The van der Waals surface area contributed by atoms with Gasteiger partial charge in [-0.3, -0.25) is 9.67 Å². The lowest BCUT2D eigenvalue weighted by Gasteiger charge is -2.16. The zero-order valence-electron chi connectivity index (χ0n) is 16.8. The molecule has 8 heteroatoms. The molecular formula is C20H30IN7. The van der Waals surface area contributed by atoms with Gasteiger partial charge in [0.2, 0.25) is 0 Å². The molecule has 0 aliphatic rings. The van der Waals surface area contributed by atoms with Gasteiger partial charge in [-0.2, -0.15) is 5.10 Å². The molecule has 28 heavy (non-hydrogen) atoms. The first-order valence-electron chi connectivity index (χ1n) is 9.51. The number of nitrogens with zero attached hydrogens (tertiary/aromatic N) is 5. The van der Waals surface area contributed by atoms with Crippen LogP contribution >= 0.6 is 24.0 Å². The largest absolute Gasteiger partial charge is 0.356 e. The summed E-state index contributed by atoms with van der Waals surface area (Å²) in [5.74, 6) is 2.36. The Morgan fingerprint density at radius 2 is 2.04 bits per heavy atom. The summed E-state index contributed by atoms with van der Waals surface area (Å²) in [7, 11) is 1.81. The molecule has 2 aromatic heterocycles. The van der Waals surface area contributed by atoms with Crippen LogP contribution in [0.25, 0.3) is 11.0 Å². The van der Waals surface area contributed by atoms with Gasteiger partial charge in [-0.25, -0.2) is 4.98 Å². The zero-order chi connectivity index (χ0) is 19.1. The fraction of sp³-hybridized carbons (Fsp3) is 0.450. The number of halogens is 1. The third-order valence-corrected chi connectivity index (χ3v) is 4.60. The average molecular weight is 495 g/mol. The van der Waals surface area contributed by atoms with Crippen molar-refractivity contribution in [1.29, 1.82) is 0 Å². The number of aromatic nitrogens is 4. The zero-order valence-corrected chi connectivity index (χ0v) is 19.1. The maximum Gasteiger partial charge on any atom is 0.190 e. The Morgan fingerprint density at radius 3 is 2.79 bits per heavy atom. The Labute approximate surface area is 183 Å². The number of para-hydroxylation sites is 2. The predicted molar refractivity (Wildman–Crippen MR) is 125 cm³/mol. The highest BCUT2D eigenvalue weighted by molar-refractivity contribution is 14.0. The molecule has 1 unspecified atom stereocenters. The number of hydrogen-bond donors (Lipinski definition) is 2. The van der Waals surface area contributed by atoms with E-state index in [4.69, 9.17) is 0 Å². The van der Waals surface area contributed by atoms with Crippen molar-refractivity contribution in [3.63, 3.8) is 0 Å². The summed E-state index contributed by atoms with van der Waals surface area (Å²) in [6.45, 7) is 7.81. The topological polar surface area (TPSA) is 72.1 Å². The molecule has 0 aliphatic carbocycles. The van der Waals surface area contributed by atoms with E-state index in [-0.39, 0.29) is 24.0 Å². The third-order valence-electron chi connectivity index (χ3n) is 4.60. The SMILES string of the molecule is CN=C(NCCCn1c(C)nc2ccccc21)NCC(C)Cn1cccn1.I. The minimum absolute atomic E-state index is 0. The van der Waals surface area contributed by atoms with E-state index < -0.39 is 0 Å². The van der Waals surface area contributed by atoms with Crippen molar-refractivity contribution in [1.82, 2.24) is 30.0 Å². The number of fused-ring (bicyclic) bond motifs is 1. The van der Waals surface area contributed by atoms with Crippen molar-refractivity contribution in [2.24, 2.45) is 10.9 Å². The molecule has 2 N–H and O–H groups in total. The standard InChI is InChI=1S/C20H29N7.HI/c1-16(15-26-12-7-11-24-26)14-23-20(21-3)22-10-6-13-27-17(2)25-18-8-4-5-9-19(18)27;/h4-5,7-9,11-12,16H,6,10,13-15H2,1-3H3,(H2,21,22,23);1H. The third kappa shape index (κ3) is 5.95. The number of hydrogen-bond acceptors (Lipinski definition) is 3. The summed E-state index contributed by atoms with van der Waals surface area (Å²) in [4.78, 5) is 8.93. The summed E-state index contributed by atoms with van der Waals surface area (Å²) in [6.07, 6.45) is 4.81. The van der Waals surface area contributed by atoms with Crippen LogP contribution in [0.4, 0.5) is 0 Å². The van der Waals surface area contributed by atoms with Gasteiger partial charge in [0.25, 0.3) is 0 Å². The fourth-order valence-corrected chi connectivity index (χ4v) is 3.21. The Hall–Kier alpha value is -2.10. The van der Waals surface area contributed by atoms with Crippen molar-refractivity contribution >= 4 is 41.0 Å². The monoisotopic (exact) mass is 495 g/mol. The maximum absolute atomic E-state index is 4.62. The molecule has 7 nitrogen and oxygen atoms in total. The van der Waals surface area contributed by atoms with Gasteiger partial charge in [0, 0.05) is 45.6 Å². The van der Waals surface area contributed by atoms with Gasteiger partial charge < -0.3 is 15.2 Å². The van der Waals surface area contributed by atoms with Gasteiger partial charge in [-0.15, -0.1) is 24.0 Å². The lowest BCUT2D eigenvalue weighted by Crippen LogP contribution is -2.40. The highest BCUT2D eigenvalue weighted by atomic mass is 127. The van der Waals surface area contributed by atoms with Crippen molar-refractivity contribution in [2.75, 3.05) is 20.1 Å². The molecule has 1 aromatic carbocycles. The Balaban J connectivity index is 0.00000280. The number of benzene rings is 1. The Morgan fingerprint density at radius 1 is 1.21 bits per heavy atom. The van der Waals surface area contributed by atoms with Crippen LogP contribution in [0.5, 0.6) is 0 Å². The molecule has 0 bridgehead atoms. The molecule has 0 aliphatic heterocycles. The molecule has 3 rings (SSSR count). The number of imidazole rings is 1. The maximum atomic E-state index is 4.62. The molecule has 0 amide bonds. The van der Waals surface area contributed by atoms with Crippen LogP contribution in [0.3, 0.4) is 0 Å². The molecule has 1 atom stereocenters. The minimum Gasteiger partial charge on any atom is -0.356 e. The number of nitrogens with one attached hydrogen (secondary N) is 2. The lowest BCUT2D eigenvalue weighted by atomic mass is 10.2. The minimum atomic E-state index is 0. The first-order valence-corrected chi connectivity index (χ1v) is 9.51. The van der Waals surface area contributed by atoms with Gasteiger partial charge in [0.15, 0.2) is 5.96 Å². The molecular weight excluding hydrogens is 465 g/mol. The van der Waals surface area contributed by atoms with E-state index in [2.05, 4.69) is 62.3 Å². The Kier molecular flexibility index (Phi) is 8.75. The smallest absolute Gasteiger partial charge is 0.190 e. The Bertz CT molecular complexity index is 870. The number of guanidine groups is 1. The fourth-order valence-electron chi connectivity index (χ4n) is 3.21. The molecule has 0 radical (unpaired) electrons. The van der Waals surface area contributed by atoms with E-state index >= 15 is 0 Å². The van der Waals surface area contributed by atoms with Crippen molar-refractivity contribution < 1.29 is 0 Å². The second kappa shape index (κ2) is 11.0. The van der Waals surface area contributed by atoms with Crippen molar-refractivity contribution in [2.45, 2.75) is 33.4 Å². The quantitative estimate of drug-likeness (QED) is 0.218. The van der Waals surface area contributed by atoms with Crippen LogP contribution in [0, 0.1) is 12.8 Å². The van der Waals surface area contributed by atoms with Gasteiger partial charge in [-0.1, -0.05) is 19.1 Å². The molecule has 0 saturated heterocycles. The van der Waals surface area contributed by atoms with Crippen LogP contribution in [0.2, 0.25) is 0 Å². The first kappa shape index (κ1) is 22.2. The second-order valence-corrected chi connectivity index (χ2v) is 6.87. The van der Waals surface area contributed by atoms with Gasteiger partial charge in [0.05, 0.1) is 11.0 Å². The molecule has 3 aromatic rings.